The summed E-state index contributed by atoms with van der Waals surface area (Å²) in [5.74, 6) is 0. The van der Waals surface area contributed by atoms with Gasteiger partial charge in [-0.25, -0.2) is 0 Å². The molecular formula is C10H17N3O. The van der Waals surface area contributed by atoms with Crippen LogP contribution < -0.4 is 11.5 Å². The van der Waals surface area contributed by atoms with Gasteiger partial charge in [-0.05, 0) is 19.9 Å². The molecule has 0 aromatic carbocycles. The Hall–Kier alpha value is -1.13. The van der Waals surface area contributed by atoms with Crippen molar-refractivity contribution in [3.05, 3.63) is 24.0 Å². The molecule has 2 unspecified atom stereocenters. The van der Waals surface area contributed by atoms with Crippen molar-refractivity contribution in [2.45, 2.75) is 26.0 Å². The van der Waals surface area contributed by atoms with E-state index in [1.54, 1.807) is 18.5 Å². The van der Waals surface area contributed by atoms with Crippen LogP contribution in [0.1, 0.15) is 25.5 Å². The fourth-order valence-corrected chi connectivity index (χ4v) is 1.32. The molecule has 0 amide bonds. The number of pyridine rings is 1. The molecule has 0 aliphatic heterocycles. The third kappa shape index (κ3) is 2.43. The summed E-state index contributed by atoms with van der Waals surface area (Å²) in [5, 5.41) is 0. The Labute approximate surface area is 84.3 Å². The average molecular weight is 195 g/mol. The molecule has 0 bridgehead atoms. The lowest BCUT2D eigenvalue weighted by molar-refractivity contribution is 0.0575. The summed E-state index contributed by atoms with van der Waals surface area (Å²) in [7, 11) is 0. The lowest BCUT2D eigenvalue weighted by atomic mass is 10.0. The molecule has 0 aliphatic carbocycles. The van der Waals surface area contributed by atoms with Crippen LogP contribution in [0.15, 0.2) is 18.5 Å². The molecule has 4 heteroatoms. The summed E-state index contributed by atoms with van der Waals surface area (Å²) in [6.45, 7) is 4.52. The van der Waals surface area contributed by atoms with E-state index in [4.69, 9.17) is 16.2 Å². The highest BCUT2D eigenvalue weighted by molar-refractivity contribution is 5.46. The van der Waals surface area contributed by atoms with E-state index in [0.717, 1.165) is 5.56 Å². The molecule has 4 N–H and O–H groups in total. The van der Waals surface area contributed by atoms with Gasteiger partial charge in [-0.3, -0.25) is 4.98 Å². The molecular weight excluding hydrogens is 178 g/mol. The van der Waals surface area contributed by atoms with Crippen molar-refractivity contribution >= 4 is 5.69 Å². The van der Waals surface area contributed by atoms with E-state index in [0.29, 0.717) is 12.3 Å². The molecule has 0 saturated carbocycles. The molecule has 4 nitrogen and oxygen atoms in total. The summed E-state index contributed by atoms with van der Waals surface area (Å²) < 4.78 is 5.40. The zero-order valence-corrected chi connectivity index (χ0v) is 8.60. The Balaban J connectivity index is 2.78. The number of rotatable bonds is 4. The minimum Gasteiger partial charge on any atom is -0.398 e. The highest BCUT2D eigenvalue weighted by Gasteiger charge is 2.17. The van der Waals surface area contributed by atoms with Gasteiger partial charge in [0.2, 0.25) is 0 Å². The maximum Gasteiger partial charge on any atom is 0.0740 e. The van der Waals surface area contributed by atoms with Crippen molar-refractivity contribution < 1.29 is 4.74 Å². The van der Waals surface area contributed by atoms with Crippen LogP contribution in [0.25, 0.3) is 0 Å². The fourth-order valence-electron chi connectivity index (χ4n) is 1.32. The summed E-state index contributed by atoms with van der Waals surface area (Å²) in [6, 6.07) is 1.53. The Morgan fingerprint density at radius 1 is 1.57 bits per heavy atom. The van der Waals surface area contributed by atoms with Crippen molar-refractivity contribution in [3.63, 3.8) is 0 Å². The summed E-state index contributed by atoms with van der Waals surface area (Å²) in [5.41, 5.74) is 13.3. The van der Waals surface area contributed by atoms with E-state index >= 15 is 0 Å². The van der Waals surface area contributed by atoms with Gasteiger partial charge in [0.25, 0.3) is 0 Å². The second-order valence-electron chi connectivity index (χ2n) is 3.19. The molecule has 0 spiro atoms. The first-order valence-electron chi connectivity index (χ1n) is 4.73. The molecule has 14 heavy (non-hydrogen) atoms. The largest absolute Gasteiger partial charge is 0.398 e. The Bertz CT molecular complexity index is 290. The second-order valence-corrected chi connectivity index (χ2v) is 3.19. The van der Waals surface area contributed by atoms with Crippen molar-refractivity contribution in [3.8, 4) is 0 Å². The maximum atomic E-state index is 5.98. The highest BCUT2D eigenvalue weighted by atomic mass is 16.5. The van der Waals surface area contributed by atoms with Crippen molar-refractivity contribution in [1.29, 1.82) is 0 Å². The van der Waals surface area contributed by atoms with E-state index in [1.807, 2.05) is 13.8 Å². The average Bonchev–Trinajstić information content (AvgIpc) is 2.18. The molecule has 2 atom stereocenters. The van der Waals surface area contributed by atoms with Gasteiger partial charge in [0.05, 0.1) is 12.1 Å². The van der Waals surface area contributed by atoms with Crippen LogP contribution in [-0.4, -0.2) is 17.7 Å². The highest BCUT2D eigenvalue weighted by Crippen LogP contribution is 2.20. The van der Waals surface area contributed by atoms with Crippen LogP contribution in [0, 0.1) is 0 Å². The number of nitrogens with zero attached hydrogens (tertiary/aromatic N) is 1. The predicted octanol–water partition coefficient (Wildman–Crippen LogP) is 1.09. The first kappa shape index (κ1) is 10.9. The molecule has 0 radical (unpaired) electrons. The lowest BCUT2D eigenvalue weighted by Gasteiger charge is -2.20. The first-order valence-corrected chi connectivity index (χ1v) is 4.73. The van der Waals surface area contributed by atoms with Gasteiger partial charge in [0.1, 0.15) is 0 Å². The van der Waals surface area contributed by atoms with Gasteiger partial charge in [-0.2, -0.15) is 0 Å². The Morgan fingerprint density at radius 3 is 2.86 bits per heavy atom. The molecule has 1 aromatic rings. The number of nitrogen functional groups attached to an aromatic ring is 1. The smallest absolute Gasteiger partial charge is 0.0740 e. The van der Waals surface area contributed by atoms with Crippen molar-refractivity contribution in [1.82, 2.24) is 4.98 Å². The number of aromatic nitrogens is 1. The van der Waals surface area contributed by atoms with Crippen LogP contribution in [0.3, 0.4) is 0 Å². The topological polar surface area (TPSA) is 74.2 Å². The maximum absolute atomic E-state index is 5.98. The minimum atomic E-state index is -0.219. The van der Waals surface area contributed by atoms with Gasteiger partial charge in [0.15, 0.2) is 0 Å². The third-order valence-electron chi connectivity index (χ3n) is 2.18. The van der Waals surface area contributed by atoms with Crippen molar-refractivity contribution in [2.75, 3.05) is 12.3 Å². The second kappa shape index (κ2) is 4.93. The van der Waals surface area contributed by atoms with Gasteiger partial charge in [-0.15, -0.1) is 0 Å². The van der Waals surface area contributed by atoms with Gasteiger partial charge in [0, 0.05) is 30.3 Å². The molecule has 0 fully saturated rings. The van der Waals surface area contributed by atoms with E-state index in [9.17, 15) is 0 Å². The number of hydrogen-bond acceptors (Lipinski definition) is 4. The van der Waals surface area contributed by atoms with Gasteiger partial charge >= 0.3 is 0 Å². The monoisotopic (exact) mass is 195 g/mol. The number of hydrogen-bond donors (Lipinski definition) is 2. The summed E-state index contributed by atoms with van der Waals surface area (Å²) in [4.78, 5) is 3.99. The van der Waals surface area contributed by atoms with Crippen LogP contribution in [-0.2, 0) is 4.74 Å². The number of nitrogens with two attached hydrogens (primary N) is 2. The fraction of sp³-hybridized carbons (Fsp3) is 0.500. The van der Waals surface area contributed by atoms with Crippen LogP contribution in [0.4, 0.5) is 5.69 Å². The summed E-state index contributed by atoms with van der Waals surface area (Å²) >= 11 is 0. The number of anilines is 1. The lowest BCUT2D eigenvalue weighted by Crippen LogP contribution is -2.27. The van der Waals surface area contributed by atoms with Gasteiger partial charge < -0.3 is 16.2 Å². The Morgan fingerprint density at radius 2 is 2.29 bits per heavy atom. The van der Waals surface area contributed by atoms with Crippen molar-refractivity contribution in [2.24, 2.45) is 5.73 Å². The minimum absolute atomic E-state index is 0.0495. The standard InChI is InChI=1S/C10H17N3O/c1-3-14-7(2)10(12)8-6-13-5-4-9(8)11/h4-7,10H,3,12H2,1-2H3,(H2,11,13). The summed E-state index contributed by atoms with van der Waals surface area (Å²) in [6.07, 6.45) is 3.29. The number of ether oxygens (including phenoxy) is 1. The third-order valence-corrected chi connectivity index (χ3v) is 2.18. The Kier molecular flexibility index (Phi) is 3.85. The zero-order valence-electron chi connectivity index (χ0n) is 8.60. The molecule has 1 aromatic heterocycles. The van der Waals surface area contributed by atoms with Crippen LogP contribution >= 0.6 is 0 Å². The molecule has 1 heterocycles. The normalized spacial score (nSPS) is 15.1. The van der Waals surface area contributed by atoms with Crippen LogP contribution in [0.2, 0.25) is 0 Å². The SMILES string of the molecule is CCOC(C)C(N)c1cnccc1N. The first-order chi connectivity index (χ1) is 6.66. The zero-order chi connectivity index (χ0) is 10.6. The molecule has 0 saturated heterocycles. The molecule has 78 valence electrons. The predicted molar refractivity (Wildman–Crippen MR) is 56.7 cm³/mol. The quantitative estimate of drug-likeness (QED) is 0.754. The van der Waals surface area contributed by atoms with Gasteiger partial charge in [-0.1, -0.05) is 0 Å². The van der Waals surface area contributed by atoms with E-state index in [2.05, 4.69) is 4.98 Å². The van der Waals surface area contributed by atoms with E-state index < -0.39 is 0 Å². The van der Waals surface area contributed by atoms with E-state index in [-0.39, 0.29) is 12.1 Å². The molecule has 1 rings (SSSR count). The van der Waals surface area contributed by atoms with Crippen LogP contribution in [0.5, 0.6) is 0 Å². The van der Waals surface area contributed by atoms with E-state index in [1.165, 1.54) is 0 Å². The molecule has 0 aliphatic rings.